The van der Waals surface area contributed by atoms with Gasteiger partial charge in [-0.15, -0.1) is 0 Å². The first-order valence-corrected chi connectivity index (χ1v) is 5.31. The van der Waals surface area contributed by atoms with Crippen LogP contribution in [0.5, 0.6) is 0 Å². The highest BCUT2D eigenvalue weighted by Crippen LogP contribution is 2.33. The molecule has 1 heterocycles. The number of hydrogen-bond acceptors (Lipinski definition) is 3. The van der Waals surface area contributed by atoms with Gasteiger partial charge in [0, 0.05) is 12.2 Å². The molecule has 5 heteroatoms. The first-order valence-electron chi connectivity index (χ1n) is 4.52. The standard InChI is InChI=1S/C10H9BrN2O2/c1-2-13-9(14)5-3-4-6(12)8(11)7(5)10(13)15/h3-4H,2,12H2,1H3. The van der Waals surface area contributed by atoms with E-state index in [-0.39, 0.29) is 11.8 Å². The van der Waals surface area contributed by atoms with Gasteiger partial charge >= 0.3 is 0 Å². The SMILES string of the molecule is CCN1C(=O)c2ccc(N)c(Br)c2C1=O. The Labute approximate surface area is 95.2 Å². The van der Waals surface area contributed by atoms with Gasteiger partial charge in [0.2, 0.25) is 0 Å². The normalized spacial score (nSPS) is 14.7. The quantitative estimate of drug-likeness (QED) is 0.622. The van der Waals surface area contributed by atoms with Crippen LogP contribution in [-0.2, 0) is 0 Å². The van der Waals surface area contributed by atoms with Crippen LogP contribution in [0.4, 0.5) is 5.69 Å². The number of halogens is 1. The summed E-state index contributed by atoms with van der Waals surface area (Å²) in [4.78, 5) is 24.8. The highest BCUT2D eigenvalue weighted by Gasteiger charge is 2.36. The lowest BCUT2D eigenvalue weighted by Gasteiger charge is -2.09. The van der Waals surface area contributed by atoms with E-state index in [2.05, 4.69) is 15.9 Å². The van der Waals surface area contributed by atoms with Crippen molar-refractivity contribution in [1.82, 2.24) is 4.90 Å². The zero-order valence-electron chi connectivity index (χ0n) is 8.08. The van der Waals surface area contributed by atoms with E-state index in [1.54, 1.807) is 19.1 Å². The van der Waals surface area contributed by atoms with Crippen molar-refractivity contribution in [2.24, 2.45) is 0 Å². The fourth-order valence-corrected chi connectivity index (χ4v) is 2.15. The molecule has 1 aromatic rings. The molecule has 0 saturated carbocycles. The summed E-state index contributed by atoms with van der Waals surface area (Å²) in [6.45, 7) is 2.14. The van der Waals surface area contributed by atoms with Gasteiger partial charge in [0.15, 0.2) is 0 Å². The van der Waals surface area contributed by atoms with Crippen LogP contribution in [0.25, 0.3) is 0 Å². The second-order valence-electron chi connectivity index (χ2n) is 3.25. The number of nitrogens with zero attached hydrogens (tertiary/aromatic N) is 1. The fraction of sp³-hybridized carbons (Fsp3) is 0.200. The molecule has 1 aromatic carbocycles. The molecule has 2 rings (SSSR count). The molecule has 0 saturated heterocycles. The van der Waals surface area contributed by atoms with E-state index in [0.29, 0.717) is 27.8 Å². The monoisotopic (exact) mass is 268 g/mol. The molecule has 2 N–H and O–H groups in total. The minimum atomic E-state index is -0.281. The summed E-state index contributed by atoms with van der Waals surface area (Å²) < 4.78 is 0.509. The van der Waals surface area contributed by atoms with Crippen LogP contribution in [0.15, 0.2) is 16.6 Å². The Hall–Kier alpha value is -1.36. The number of nitrogens with two attached hydrogens (primary N) is 1. The second-order valence-corrected chi connectivity index (χ2v) is 4.04. The average molecular weight is 269 g/mol. The number of rotatable bonds is 1. The molecule has 1 aliphatic rings. The number of fused-ring (bicyclic) bond motifs is 1. The number of anilines is 1. The fourth-order valence-electron chi connectivity index (χ4n) is 1.64. The van der Waals surface area contributed by atoms with Crippen molar-refractivity contribution in [2.75, 3.05) is 12.3 Å². The number of nitrogen functional groups attached to an aromatic ring is 1. The number of amides is 2. The molecule has 0 spiro atoms. The van der Waals surface area contributed by atoms with Gasteiger partial charge in [0.25, 0.3) is 11.8 Å². The van der Waals surface area contributed by atoms with Crippen molar-refractivity contribution in [2.45, 2.75) is 6.92 Å². The Morgan fingerprint density at radius 2 is 2.00 bits per heavy atom. The Balaban J connectivity index is 2.68. The van der Waals surface area contributed by atoms with Gasteiger partial charge in [-0.05, 0) is 35.0 Å². The van der Waals surface area contributed by atoms with Crippen LogP contribution >= 0.6 is 15.9 Å². The van der Waals surface area contributed by atoms with E-state index in [1.165, 1.54) is 4.90 Å². The average Bonchev–Trinajstić information content (AvgIpc) is 2.45. The Kier molecular flexibility index (Phi) is 2.26. The minimum Gasteiger partial charge on any atom is -0.398 e. The van der Waals surface area contributed by atoms with Crippen LogP contribution in [-0.4, -0.2) is 23.3 Å². The molecular formula is C10H9BrN2O2. The summed E-state index contributed by atoms with van der Waals surface area (Å²) in [7, 11) is 0. The molecule has 0 unspecified atom stereocenters. The third kappa shape index (κ3) is 1.26. The topological polar surface area (TPSA) is 63.4 Å². The lowest BCUT2D eigenvalue weighted by Crippen LogP contribution is -2.29. The zero-order valence-corrected chi connectivity index (χ0v) is 9.67. The summed E-state index contributed by atoms with van der Waals surface area (Å²) in [6.07, 6.45) is 0. The number of carbonyl (C=O) groups is 2. The van der Waals surface area contributed by atoms with Crippen LogP contribution in [0, 0.1) is 0 Å². The van der Waals surface area contributed by atoms with Gasteiger partial charge in [-0.1, -0.05) is 0 Å². The van der Waals surface area contributed by atoms with Crippen LogP contribution in [0.3, 0.4) is 0 Å². The maximum atomic E-state index is 11.8. The van der Waals surface area contributed by atoms with Gasteiger partial charge in [-0.2, -0.15) is 0 Å². The van der Waals surface area contributed by atoms with Gasteiger partial charge in [-0.3, -0.25) is 14.5 Å². The molecule has 0 atom stereocenters. The molecule has 0 aliphatic carbocycles. The number of benzene rings is 1. The van der Waals surface area contributed by atoms with E-state index in [9.17, 15) is 9.59 Å². The Bertz CT molecular complexity index is 471. The zero-order chi connectivity index (χ0) is 11.2. The number of carbonyl (C=O) groups excluding carboxylic acids is 2. The molecule has 15 heavy (non-hydrogen) atoms. The molecule has 0 fully saturated rings. The molecule has 2 amide bonds. The van der Waals surface area contributed by atoms with E-state index in [4.69, 9.17) is 5.73 Å². The number of hydrogen-bond donors (Lipinski definition) is 1. The van der Waals surface area contributed by atoms with Crippen molar-refractivity contribution in [3.05, 3.63) is 27.7 Å². The number of imide groups is 1. The second kappa shape index (κ2) is 3.34. The van der Waals surface area contributed by atoms with Gasteiger partial charge in [0.05, 0.1) is 15.6 Å². The molecule has 0 aromatic heterocycles. The van der Waals surface area contributed by atoms with Gasteiger partial charge in [0.1, 0.15) is 0 Å². The van der Waals surface area contributed by atoms with Crippen molar-refractivity contribution < 1.29 is 9.59 Å². The molecule has 0 bridgehead atoms. The predicted octanol–water partition coefficient (Wildman–Crippen LogP) is 1.65. The van der Waals surface area contributed by atoms with E-state index in [0.717, 1.165) is 0 Å². The Morgan fingerprint density at radius 1 is 1.33 bits per heavy atom. The van der Waals surface area contributed by atoms with Gasteiger partial charge in [-0.25, -0.2) is 0 Å². The van der Waals surface area contributed by atoms with E-state index < -0.39 is 0 Å². The maximum Gasteiger partial charge on any atom is 0.262 e. The summed E-state index contributed by atoms with van der Waals surface area (Å²) in [6, 6.07) is 3.21. The van der Waals surface area contributed by atoms with Crippen molar-refractivity contribution in [3.8, 4) is 0 Å². The Morgan fingerprint density at radius 3 is 2.60 bits per heavy atom. The van der Waals surface area contributed by atoms with E-state index in [1.807, 2.05) is 0 Å². The van der Waals surface area contributed by atoms with Crippen molar-refractivity contribution in [3.63, 3.8) is 0 Å². The maximum absolute atomic E-state index is 11.8. The van der Waals surface area contributed by atoms with Crippen LogP contribution in [0.1, 0.15) is 27.6 Å². The summed E-state index contributed by atoms with van der Waals surface area (Å²) in [5, 5.41) is 0. The molecule has 78 valence electrons. The third-order valence-corrected chi connectivity index (χ3v) is 3.28. The molecule has 0 radical (unpaired) electrons. The first kappa shape index (κ1) is 10.2. The van der Waals surface area contributed by atoms with Crippen molar-refractivity contribution in [1.29, 1.82) is 0 Å². The van der Waals surface area contributed by atoms with Crippen molar-refractivity contribution >= 4 is 33.4 Å². The lowest BCUT2D eigenvalue weighted by molar-refractivity contribution is 0.0662. The largest absolute Gasteiger partial charge is 0.398 e. The summed E-state index contributed by atoms with van der Waals surface area (Å²) in [5.74, 6) is -0.533. The molecule has 4 nitrogen and oxygen atoms in total. The molecule has 1 aliphatic heterocycles. The summed E-state index contributed by atoms with van der Waals surface area (Å²) in [5.41, 5.74) is 6.92. The van der Waals surface area contributed by atoms with Crippen LogP contribution < -0.4 is 5.73 Å². The third-order valence-electron chi connectivity index (χ3n) is 2.42. The predicted molar refractivity (Wildman–Crippen MR) is 59.6 cm³/mol. The molecular weight excluding hydrogens is 260 g/mol. The lowest BCUT2D eigenvalue weighted by atomic mass is 10.1. The van der Waals surface area contributed by atoms with Gasteiger partial charge < -0.3 is 5.73 Å². The smallest absolute Gasteiger partial charge is 0.262 e. The summed E-state index contributed by atoms with van der Waals surface area (Å²) >= 11 is 3.23. The highest BCUT2D eigenvalue weighted by atomic mass is 79.9. The van der Waals surface area contributed by atoms with E-state index >= 15 is 0 Å². The minimum absolute atomic E-state index is 0.252. The first-order chi connectivity index (χ1) is 7.07. The van der Waals surface area contributed by atoms with Crippen LogP contribution in [0.2, 0.25) is 0 Å². The highest BCUT2D eigenvalue weighted by molar-refractivity contribution is 9.10.